The third-order valence-corrected chi connectivity index (χ3v) is 4.02. The Balaban J connectivity index is 2.23. The lowest BCUT2D eigenvalue weighted by molar-refractivity contribution is 0.0953. The average Bonchev–Trinajstić information content (AvgIpc) is 2.97. The molecule has 0 spiro atoms. The summed E-state index contributed by atoms with van der Waals surface area (Å²) >= 11 is 0. The zero-order valence-corrected chi connectivity index (χ0v) is 12.9. The summed E-state index contributed by atoms with van der Waals surface area (Å²) in [5, 5.41) is 3.40. The third kappa shape index (κ3) is 3.25. The van der Waals surface area contributed by atoms with Gasteiger partial charge in [-0.05, 0) is 56.5 Å². The van der Waals surface area contributed by atoms with Gasteiger partial charge in [0.2, 0.25) is 0 Å². The summed E-state index contributed by atoms with van der Waals surface area (Å²) in [5.41, 5.74) is 2.46. The fourth-order valence-corrected chi connectivity index (χ4v) is 2.87. The van der Waals surface area contributed by atoms with Crippen LogP contribution in [0.2, 0.25) is 0 Å². The highest BCUT2D eigenvalue weighted by atomic mass is 16.5. The van der Waals surface area contributed by atoms with E-state index in [1.54, 1.807) is 14.2 Å². The largest absolute Gasteiger partial charge is 0.493 e. The van der Waals surface area contributed by atoms with E-state index in [9.17, 15) is 0 Å². The molecule has 2 rings (SSSR count). The molecule has 0 radical (unpaired) electrons. The molecule has 1 aromatic rings. The highest BCUT2D eigenvalue weighted by Gasteiger charge is 2.23. The van der Waals surface area contributed by atoms with Crippen molar-refractivity contribution in [3.05, 3.63) is 23.3 Å². The molecule has 1 saturated heterocycles. The van der Waals surface area contributed by atoms with E-state index in [-0.39, 0.29) is 6.04 Å². The van der Waals surface area contributed by atoms with Gasteiger partial charge in [0.05, 0.1) is 20.3 Å². The monoisotopic (exact) mass is 279 g/mol. The van der Waals surface area contributed by atoms with E-state index in [4.69, 9.17) is 14.2 Å². The van der Waals surface area contributed by atoms with E-state index in [0.717, 1.165) is 30.9 Å². The Morgan fingerprint density at radius 1 is 1.30 bits per heavy atom. The van der Waals surface area contributed by atoms with Crippen LogP contribution in [-0.2, 0) is 4.74 Å². The fraction of sp³-hybridized carbons (Fsp3) is 0.625. The molecule has 1 aliphatic heterocycles. The van der Waals surface area contributed by atoms with Crippen LogP contribution >= 0.6 is 0 Å². The number of benzene rings is 1. The predicted octanol–water partition coefficient (Wildman–Crippen LogP) is 2.84. The molecule has 4 nitrogen and oxygen atoms in total. The molecule has 20 heavy (non-hydrogen) atoms. The Labute approximate surface area is 121 Å². The summed E-state index contributed by atoms with van der Waals surface area (Å²) in [6.45, 7) is 3.00. The molecular weight excluding hydrogens is 254 g/mol. The first-order valence-electron chi connectivity index (χ1n) is 7.21. The lowest BCUT2D eigenvalue weighted by Crippen LogP contribution is -2.23. The average molecular weight is 279 g/mol. The molecule has 1 heterocycles. The molecule has 2 atom stereocenters. The zero-order valence-electron chi connectivity index (χ0n) is 12.9. The fourth-order valence-electron chi connectivity index (χ4n) is 2.87. The quantitative estimate of drug-likeness (QED) is 0.869. The van der Waals surface area contributed by atoms with Gasteiger partial charge in [-0.1, -0.05) is 0 Å². The van der Waals surface area contributed by atoms with E-state index in [2.05, 4.69) is 18.3 Å². The minimum atomic E-state index is 0.276. The highest BCUT2D eigenvalue weighted by Crippen LogP contribution is 2.35. The first kappa shape index (κ1) is 15.1. The Bertz CT molecular complexity index is 442. The van der Waals surface area contributed by atoms with Crippen LogP contribution in [-0.4, -0.2) is 34.0 Å². The molecule has 2 unspecified atom stereocenters. The SMILES string of the molecule is CNC(CC1CCCO1)c1cc(OC)c(OC)cc1C. The molecule has 1 fully saturated rings. The van der Waals surface area contributed by atoms with Gasteiger partial charge in [0.15, 0.2) is 11.5 Å². The molecule has 1 aromatic carbocycles. The summed E-state index contributed by atoms with van der Waals surface area (Å²) in [7, 11) is 5.33. The van der Waals surface area contributed by atoms with Crippen LogP contribution in [0.1, 0.15) is 36.4 Å². The minimum Gasteiger partial charge on any atom is -0.493 e. The molecule has 0 aliphatic carbocycles. The Morgan fingerprint density at radius 3 is 2.55 bits per heavy atom. The van der Waals surface area contributed by atoms with Gasteiger partial charge < -0.3 is 19.5 Å². The van der Waals surface area contributed by atoms with Crippen molar-refractivity contribution >= 4 is 0 Å². The van der Waals surface area contributed by atoms with Crippen LogP contribution in [0.15, 0.2) is 12.1 Å². The van der Waals surface area contributed by atoms with E-state index in [0.29, 0.717) is 6.10 Å². The second-order valence-electron chi connectivity index (χ2n) is 5.28. The number of hydrogen-bond donors (Lipinski definition) is 1. The van der Waals surface area contributed by atoms with Crippen LogP contribution in [0.3, 0.4) is 0 Å². The molecular formula is C16H25NO3. The van der Waals surface area contributed by atoms with E-state index in [1.807, 2.05) is 13.1 Å². The molecule has 112 valence electrons. The van der Waals surface area contributed by atoms with Crippen molar-refractivity contribution in [3.8, 4) is 11.5 Å². The molecule has 1 aliphatic rings. The lowest BCUT2D eigenvalue weighted by atomic mass is 9.95. The molecule has 0 bridgehead atoms. The summed E-state index contributed by atoms with van der Waals surface area (Å²) in [5.74, 6) is 1.56. The lowest BCUT2D eigenvalue weighted by Gasteiger charge is -2.23. The van der Waals surface area contributed by atoms with Gasteiger partial charge in [-0.25, -0.2) is 0 Å². The number of ether oxygens (including phenoxy) is 3. The van der Waals surface area contributed by atoms with Crippen LogP contribution in [0.25, 0.3) is 0 Å². The molecule has 0 amide bonds. The second kappa shape index (κ2) is 6.95. The number of nitrogens with one attached hydrogen (secondary N) is 1. The summed E-state index contributed by atoms with van der Waals surface area (Å²) in [6.07, 6.45) is 3.68. The van der Waals surface area contributed by atoms with Gasteiger partial charge in [-0.3, -0.25) is 0 Å². The minimum absolute atomic E-state index is 0.276. The van der Waals surface area contributed by atoms with Gasteiger partial charge in [-0.2, -0.15) is 0 Å². The smallest absolute Gasteiger partial charge is 0.161 e. The predicted molar refractivity (Wildman–Crippen MR) is 79.7 cm³/mol. The number of hydrogen-bond acceptors (Lipinski definition) is 4. The highest BCUT2D eigenvalue weighted by molar-refractivity contribution is 5.48. The van der Waals surface area contributed by atoms with Crippen molar-refractivity contribution in [1.29, 1.82) is 0 Å². The summed E-state index contributed by atoms with van der Waals surface area (Å²) in [6, 6.07) is 4.39. The van der Waals surface area contributed by atoms with Crippen molar-refractivity contribution in [3.63, 3.8) is 0 Å². The van der Waals surface area contributed by atoms with Crippen LogP contribution in [0, 0.1) is 6.92 Å². The normalized spacial score (nSPS) is 19.9. The van der Waals surface area contributed by atoms with E-state index >= 15 is 0 Å². The van der Waals surface area contributed by atoms with Crippen molar-refractivity contribution < 1.29 is 14.2 Å². The van der Waals surface area contributed by atoms with Crippen molar-refractivity contribution in [2.75, 3.05) is 27.9 Å². The number of aryl methyl sites for hydroxylation is 1. The van der Waals surface area contributed by atoms with Gasteiger partial charge in [0, 0.05) is 12.6 Å². The second-order valence-corrected chi connectivity index (χ2v) is 5.28. The topological polar surface area (TPSA) is 39.7 Å². The first-order chi connectivity index (χ1) is 9.69. The Kier molecular flexibility index (Phi) is 5.26. The first-order valence-corrected chi connectivity index (χ1v) is 7.21. The van der Waals surface area contributed by atoms with Gasteiger partial charge in [0.1, 0.15) is 0 Å². The number of methoxy groups -OCH3 is 2. The maximum atomic E-state index is 5.75. The number of rotatable bonds is 6. The Hall–Kier alpha value is -1.26. The van der Waals surface area contributed by atoms with Gasteiger partial charge in [0.25, 0.3) is 0 Å². The van der Waals surface area contributed by atoms with Crippen LogP contribution in [0.5, 0.6) is 11.5 Å². The van der Waals surface area contributed by atoms with Crippen molar-refractivity contribution in [2.24, 2.45) is 0 Å². The van der Waals surface area contributed by atoms with E-state index < -0.39 is 0 Å². The van der Waals surface area contributed by atoms with Gasteiger partial charge in [-0.15, -0.1) is 0 Å². The maximum Gasteiger partial charge on any atom is 0.161 e. The standard InChI is InChI=1S/C16H25NO3/c1-11-8-15(18-3)16(19-4)10-13(11)14(17-2)9-12-6-5-7-20-12/h8,10,12,14,17H,5-7,9H2,1-4H3. The van der Waals surface area contributed by atoms with E-state index in [1.165, 1.54) is 17.5 Å². The van der Waals surface area contributed by atoms with Crippen LogP contribution in [0.4, 0.5) is 0 Å². The van der Waals surface area contributed by atoms with Crippen molar-refractivity contribution in [1.82, 2.24) is 5.32 Å². The zero-order chi connectivity index (χ0) is 14.5. The maximum absolute atomic E-state index is 5.75. The molecule has 0 aromatic heterocycles. The summed E-state index contributed by atoms with van der Waals surface area (Å²) < 4.78 is 16.5. The summed E-state index contributed by atoms with van der Waals surface area (Å²) in [4.78, 5) is 0. The van der Waals surface area contributed by atoms with Gasteiger partial charge >= 0.3 is 0 Å². The molecule has 0 saturated carbocycles. The third-order valence-electron chi connectivity index (χ3n) is 4.02. The Morgan fingerprint density at radius 2 is 2.00 bits per heavy atom. The van der Waals surface area contributed by atoms with Crippen molar-refractivity contribution in [2.45, 2.75) is 38.3 Å². The molecule has 1 N–H and O–H groups in total. The molecule has 4 heteroatoms. The van der Waals surface area contributed by atoms with Crippen LogP contribution < -0.4 is 14.8 Å².